The van der Waals surface area contributed by atoms with Crippen molar-refractivity contribution in [1.82, 2.24) is 9.97 Å². The second-order valence-corrected chi connectivity index (χ2v) is 14.5. The molecule has 0 radical (unpaired) electrons. The fourth-order valence-corrected chi connectivity index (χ4v) is 8.69. The molecule has 0 spiro atoms. The molecule has 12 aromatic rings. The molecule has 3 heterocycles. The molecule has 0 N–H and O–H groups in total. The van der Waals surface area contributed by atoms with E-state index < -0.39 is 0 Å². The van der Waals surface area contributed by atoms with Crippen molar-refractivity contribution in [3.8, 4) is 44.6 Å². The van der Waals surface area contributed by atoms with Crippen LogP contribution in [0.4, 0.5) is 0 Å². The van der Waals surface area contributed by atoms with E-state index in [1.54, 1.807) is 0 Å². The third kappa shape index (κ3) is 4.66. The Kier molecular flexibility index (Phi) is 6.60. The molecule has 12 rings (SSSR count). The van der Waals surface area contributed by atoms with Crippen LogP contribution in [0.5, 0.6) is 0 Å². The Bertz CT molecular complexity index is 3510. The van der Waals surface area contributed by atoms with Gasteiger partial charge in [0.05, 0.1) is 22.9 Å². The van der Waals surface area contributed by atoms with Crippen LogP contribution in [0.15, 0.2) is 191 Å². The van der Waals surface area contributed by atoms with E-state index in [0.29, 0.717) is 0 Å². The smallest absolute Gasteiger partial charge is 0.144 e. The predicted octanol–water partition coefficient (Wildman–Crippen LogP) is 14.4. The molecule has 56 heavy (non-hydrogen) atoms. The third-order valence-corrected chi connectivity index (χ3v) is 11.3. The SMILES string of the molecule is c1cc(-c2cccc(-c3cnc4c5ccccc5c5ccccc5c4n3)c2)cc(-c2cccc(-c3c4oc5ccccc5c4cc4oc5ccccc5c34)c2)c1. The number of hydrogen-bond donors (Lipinski definition) is 0. The number of nitrogens with zero attached hydrogens (tertiary/aromatic N) is 2. The molecule has 260 valence electrons. The maximum Gasteiger partial charge on any atom is 0.144 e. The van der Waals surface area contributed by atoms with Gasteiger partial charge in [-0.1, -0.05) is 140 Å². The van der Waals surface area contributed by atoms with Crippen molar-refractivity contribution in [2.75, 3.05) is 0 Å². The van der Waals surface area contributed by atoms with Crippen molar-refractivity contribution in [2.24, 2.45) is 0 Å². The molecule has 4 nitrogen and oxygen atoms in total. The summed E-state index contributed by atoms with van der Waals surface area (Å²) in [5, 5.41) is 8.87. The maximum atomic E-state index is 6.65. The van der Waals surface area contributed by atoms with E-state index >= 15 is 0 Å². The summed E-state index contributed by atoms with van der Waals surface area (Å²) in [6.45, 7) is 0. The molecule has 0 aliphatic heterocycles. The van der Waals surface area contributed by atoms with Gasteiger partial charge in [0.25, 0.3) is 0 Å². The molecule has 3 aromatic heterocycles. The van der Waals surface area contributed by atoms with Crippen LogP contribution in [-0.2, 0) is 0 Å². The summed E-state index contributed by atoms with van der Waals surface area (Å²) in [5.41, 5.74) is 13.8. The van der Waals surface area contributed by atoms with Gasteiger partial charge in [0.2, 0.25) is 0 Å². The summed E-state index contributed by atoms with van der Waals surface area (Å²) in [4.78, 5) is 10.3. The molecule has 0 saturated carbocycles. The van der Waals surface area contributed by atoms with Gasteiger partial charge in [-0.2, -0.15) is 0 Å². The highest BCUT2D eigenvalue weighted by Gasteiger charge is 2.21. The van der Waals surface area contributed by atoms with E-state index in [-0.39, 0.29) is 0 Å². The van der Waals surface area contributed by atoms with Gasteiger partial charge >= 0.3 is 0 Å². The van der Waals surface area contributed by atoms with Gasteiger partial charge in [-0.15, -0.1) is 0 Å². The van der Waals surface area contributed by atoms with Gasteiger partial charge in [-0.3, -0.25) is 4.98 Å². The van der Waals surface area contributed by atoms with E-state index in [2.05, 4.69) is 152 Å². The van der Waals surface area contributed by atoms with Crippen LogP contribution in [0.2, 0.25) is 0 Å². The Morgan fingerprint density at radius 3 is 1.52 bits per heavy atom. The summed E-state index contributed by atoms with van der Waals surface area (Å²) < 4.78 is 13.1. The van der Waals surface area contributed by atoms with Crippen molar-refractivity contribution in [3.05, 3.63) is 182 Å². The molecule has 0 unspecified atom stereocenters. The molecule has 4 heteroatoms. The van der Waals surface area contributed by atoms with Crippen LogP contribution in [-0.4, -0.2) is 9.97 Å². The topological polar surface area (TPSA) is 52.1 Å². The molecular formula is C52H30N2O2. The van der Waals surface area contributed by atoms with Crippen LogP contribution in [0.3, 0.4) is 0 Å². The van der Waals surface area contributed by atoms with Gasteiger partial charge in [0.1, 0.15) is 22.3 Å². The Balaban J connectivity index is 0.973. The van der Waals surface area contributed by atoms with Gasteiger partial charge < -0.3 is 8.83 Å². The average molecular weight is 715 g/mol. The Hall–Kier alpha value is -7.56. The number of hydrogen-bond acceptors (Lipinski definition) is 4. The minimum atomic E-state index is 0.849. The largest absolute Gasteiger partial charge is 0.456 e. The molecule has 0 saturated heterocycles. The summed E-state index contributed by atoms with van der Waals surface area (Å²) in [6, 6.07) is 61.7. The maximum absolute atomic E-state index is 6.65. The zero-order valence-corrected chi connectivity index (χ0v) is 30.0. The molecule has 0 aliphatic carbocycles. The fourth-order valence-electron chi connectivity index (χ4n) is 8.69. The Morgan fingerprint density at radius 1 is 0.339 bits per heavy atom. The molecule has 0 fully saturated rings. The van der Waals surface area contributed by atoms with E-state index in [1.165, 1.54) is 10.8 Å². The Morgan fingerprint density at radius 2 is 0.839 bits per heavy atom. The highest BCUT2D eigenvalue weighted by atomic mass is 16.3. The lowest BCUT2D eigenvalue weighted by molar-refractivity contribution is 0.664. The van der Waals surface area contributed by atoms with Gasteiger partial charge in [-0.05, 0) is 75.0 Å². The predicted molar refractivity (Wildman–Crippen MR) is 231 cm³/mol. The van der Waals surface area contributed by atoms with Crippen LogP contribution >= 0.6 is 0 Å². The number of para-hydroxylation sites is 2. The molecule has 0 aliphatic rings. The highest BCUT2D eigenvalue weighted by molar-refractivity contribution is 6.24. The van der Waals surface area contributed by atoms with E-state index in [4.69, 9.17) is 18.8 Å². The number of aromatic nitrogens is 2. The average Bonchev–Trinajstić information content (AvgIpc) is 3.83. The Labute approximate surface area is 320 Å². The number of rotatable bonds is 4. The zero-order chi connectivity index (χ0) is 36.7. The summed E-state index contributed by atoms with van der Waals surface area (Å²) in [6.07, 6.45) is 1.91. The van der Waals surface area contributed by atoms with Crippen LogP contribution in [0.25, 0.3) is 121 Å². The normalized spacial score (nSPS) is 11.9. The van der Waals surface area contributed by atoms with E-state index in [1.807, 2.05) is 30.5 Å². The summed E-state index contributed by atoms with van der Waals surface area (Å²) in [5.74, 6) is 0. The highest BCUT2D eigenvalue weighted by Crippen LogP contribution is 2.45. The zero-order valence-electron chi connectivity index (χ0n) is 30.0. The van der Waals surface area contributed by atoms with Crippen molar-refractivity contribution < 1.29 is 8.83 Å². The number of benzene rings is 9. The lowest BCUT2D eigenvalue weighted by Crippen LogP contribution is -1.92. The van der Waals surface area contributed by atoms with E-state index in [0.717, 1.165) is 110 Å². The fraction of sp³-hybridized carbons (Fsp3) is 0. The summed E-state index contributed by atoms with van der Waals surface area (Å²) in [7, 11) is 0. The van der Waals surface area contributed by atoms with Crippen LogP contribution < -0.4 is 0 Å². The number of fused-ring (bicyclic) bond motifs is 12. The lowest BCUT2D eigenvalue weighted by atomic mass is 9.93. The minimum absolute atomic E-state index is 0.849. The van der Waals surface area contributed by atoms with Crippen LogP contribution in [0, 0.1) is 0 Å². The molecule has 0 amide bonds. The monoisotopic (exact) mass is 714 g/mol. The number of furan rings is 2. The van der Waals surface area contributed by atoms with Crippen molar-refractivity contribution >= 4 is 76.5 Å². The van der Waals surface area contributed by atoms with Crippen molar-refractivity contribution in [1.29, 1.82) is 0 Å². The van der Waals surface area contributed by atoms with Gasteiger partial charge in [0, 0.05) is 43.4 Å². The molecule has 0 bridgehead atoms. The standard InChI is InChI=1S/C52H30N2O2/c1-3-21-40-37(18-1)38-19-2-4-22-41(38)51-50(40)53-30-44(54-51)35-16-10-14-33(27-35)31-12-9-13-32(26-31)34-15-11-17-36(28-34)48-49-42-23-6-8-25-46(42)55-47(49)29-43-39-20-5-7-24-45(39)56-52(43)48/h1-30H. The second kappa shape index (κ2) is 12.0. The lowest BCUT2D eigenvalue weighted by Gasteiger charge is -2.12. The molecule has 0 atom stereocenters. The second-order valence-electron chi connectivity index (χ2n) is 14.5. The van der Waals surface area contributed by atoms with Gasteiger partial charge in [0.15, 0.2) is 0 Å². The van der Waals surface area contributed by atoms with Crippen molar-refractivity contribution in [3.63, 3.8) is 0 Å². The first-order chi connectivity index (χ1) is 27.7. The first-order valence-electron chi connectivity index (χ1n) is 18.9. The van der Waals surface area contributed by atoms with Gasteiger partial charge in [-0.25, -0.2) is 4.98 Å². The molecule has 9 aromatic carbocycles. The first-order valence-corrected chi connectivity index (χ1v) is 18.9. The van der Waals surface area contributed by atoms with E-state index in [9.17, 15) is 0 Å². The van der Waals surface area contributed by atoms with Crippen molar-refractivity contribution in [2.45, 2.75) is 0 Å². The van der Waals surface area contributed by atoms with Crippen LogP contribution in [0.1, 0.15) is 0 Å². The quantitative estimate of drug-likeness (QED) is 0.170. The first kappa shape index (κ1) is 30.9. The summed E-state index contributed by atoms with van der Waals surface area (Å²) >= 11 is 0. The third-order valence-electron chi connectivity index (χ3n) is 11.3. The molecular weight excluding hydrogens is 685 g/mol. The minimum Gasteiger partial charge on any atom is -0.456 e.